The summed E-state index contributed by atoms with van der Waals surface area (Å²) >= 11 is 0. The average molecular weight is 444 g/mol. The number of aryl methyl sites for hydroxylation is 1. The molecule has 32 heavy (non-hydrogen) atoms. The second-order valence-electron chi connectivity index (χ2n) is 8.07. The summed E-state index contributed by atoms with van der Waals surface area (Å²) in [6.45, 7) is 5.17. The predicted octanol–water partition coefficient (Wildman–Crippen LogP) is 5.03. The molecular formula is C23H23F3N4O2. The number of rotatable bonds is 5. The smallest absolute Gasteiger partial charge is 0.266 e. The highest BCUT2D eigenvalue weighted by atomic mass is 19.3. The van der Waals surface area contributed by atoms with Gasteiger partial charge in [-0.15, -0.1) is 5.10 Å². The fourth-order valence-corrected chi connectivity index (χ4v) is 4.18. The number of methoxy groups -OCH3 is 1. The monoisotopic (exact) mass is 444 g/mol. The van der Waals surface area contributed by atoms with Gasteiger partial charge in [-0.2, -0.15) is 5.10 Å². The number of aromatic nitrogens is 2. The summed E-state index contributed by atoms with van der Waals surface area (Å²) in [6, 6.07) is 6.93. The van der Waals surface area contributed by atoms with Gasteiger partial charge in [0.1, 0.15) is 5.82 Å². The van der Waals surface area contributed by atoms with E-state index in [-0.39, 0.29) is 11.5 Å². The number of fused-ring (bicyclic) bond motifs is 2. The van der Waals surface area contributed by atoms with Crippen LogP contribution < -0.4 is 10.2 Å². The molecule has 2 aromatic carbocycles. The first-order chi connectivity index (χ1) is 15.1. The number of amides is 1. The molecule has 2 atom stereocenters. The van der Waals surface area contributed by atoms with Gasteiger partial charge in [0.2, 0.25) is 0 Å². The number of nitrogens with one attached hydrogen (secondary N) is 1. The molecule has 1 aromatic heterocycles. The van der Waals surface area contributed by atoms with Crippen molar-refractivity contribution in [3.8, 4) is 0 Å². The Hall–Kier alpha value is -3.20. The Morgan fingerprint density at radius 2 is 1.84 bits per heavy atom. The molecule has 0 bridgehead atoms. The van der Waals surface area contributed by atoms with Crippen LogP contribution in [0.3, 0.4) is 0 Å². The SMILES string of the molecule is COC1(C)C(=O)N(C)c2cc3c(NC(C)c4cccc(C(F)F)c4F)nnc(C)c3cc21. The van der Waals surface area contributed by atoms with Crippen molar-refractivity contribution in [1.82, 2.24) is 10.2 Å². The van der Waals surface area contributed by atoms with E-state index in [2.05, 4.69) is 15.5 Å². The number of anilines is 2. The summed E-state index contributed by atoms with van der Waals surface area (Å²) in [5.74, 6) is -0.791. The summed E-state index contributed by atoms with van der Waals surface area (Å²) in [5, 5.41) is 12.9. The zero-order valence-corrected chi connectivity index (χ0v) is 18.3. The number of likely N-dealkylation sites (N-methyl/N-ethyl adjacent to an activating group) is 1. The summed E-state index contributed by atoms with van der Waals surface area (Å²) in [4.78, 5) is 14.3. The van der Waals surface area contributed by atoms with Gasteiger partial charge >= 0.3 is 0 Å². The van der Waals surface area contributed by atoms with Crippen LogP contribution in [-0.4, -0.2) is 30.3 Å². The van der Waals surface area contributed by atoms with E-state index in [0.29, 0.717) is 28.1 Å². The third-order valence-corrected chi connectivity index (χ3v) is 6.19. The highest BCUT2D eigenvalue weighted by Gasteiger charge is 2.47. The van der Waals surface area contributed by atoms with E-state index >= 15 is 0 Å². The lowest BCUT2D eigenvalue weighted by Crippen LogP contribution is -2.37. The Morgan fingerprint density at radius 3 is 2.50 bits per heavy atom. The van der Waals surface area contributed by atoms with Gasteiger partial charge in [-0.3, -0.25) is 4.79 Å². The molecule has 0 fully saturated rings. The lowest BCUT2D eigenvalue weighted by molar-refractivity contribution is -0.137. The quantitative estimate of drug-likeness (QED) is 0.598. The molecule has 3 aromatic rings. The number of carbonyl (C=O) groups excluding carboxylic acids is 1. The minimum absolute atomic E-state index is 0.0961. The lowest BCUT2D eigenvalue weighted by atomic mass is 9.94. The Labute approximate surface area is 183 Å². The molecule has 1 amide bonds. The zero-order valence-electron chi connectivity index (χ0n) is 18.3. The Bertz CT molecular complexity index is 1230. The van der Waals surface area contributed by atoms with Crippen molar-refractivity contribution < 1.29 is 22.7 Å². The number of halogens is 3. The highest BCUT2D eigenvalue weighted by Crippen LogP contribution is 2.45. The predicted molar refractivity (Wildman–Crippen MR) is 115 cm³/mol. The van der Waals surface area contributed by atoms with Crippen molar-refractivity contribution in [2.24, 2.45) is 0 Å². The molecule has 9 heteroatoms. The zero-order chi connectivity index (χ0) is 23.4. The second-order valence-corrected chi connectivity index (χ2v) is 8.07. The Morgan fingerprint density at radius 1 is 1.16 bits per heavy atom. The van der Waals surface area contributed by atoms with Gasteiger partial charge in [-0.05, 0) is 32.9 Å². The van der Waals surface area contributed by atoms with Gasteiger partial charge < -0.3 is 15.0 Å². The van der Waals surface area contributed by atoms with Crippen molar-refractivity contribution in [3.05, 3.63) is 58.5 Å². The second kappa shape index (κ2) is 7.74. The van der Waals surface area contributed by atoms with Crippen LogP contribution in [0.2, 0.25) is 0 Å². The molecule has 1 N–H and O–H groups in total. The minimum atomic E-state index is -2.91. The number of carbonyl (C=O) groups is 1. The van der Waals surface area contributed by atoms with Crippen molar-refractivity contribution in [1.29, 1.82) is 0 Å². The van der Waals surface area contributed by atoms with Crippen molar-refractivity contribution >= 4 is 28.2 Å². The Kier molecular flexibility index (Phi) is 5.32. The van der Waals surface area contributed by atoms with Gasteiger partial charge in [-0.25, -0.2) is 13.2 Å². The number of hydrogen-bond acceptors (Lipinski definition) is 5. The standard InChI is InChI=1S/C23H23F3N4O2/c1-11(13-7-6-8-14(19(13)24)20(25)26)27-21-16-10-18-17(9-15(16)12(2)28-29-21)23(3,32-5)22(31)30(18)4/h6-11,20H,1-5H3,(H,27,29). The molecule has 0 spiro atoms. The van der Waals surface area contributed by atoms with Gasteiger partial charge in [0.25, 0.3) is 12.3 Å². The molecule has 0 aliphatic carbocycles. The van der Waals surface area contributed by atoms with Gasteiger partial charge in [0, 0.05) is 36.1 Å². The van der Waals surface area contributed by atoms with Crippen LogP contribution in [0.25, 0.3) is 10.8 Å². The van der Waals surface area contributed by atoms with Crippen LogP contribution in [0.5, 0.6) is 0 Å². The molecule has 2 unspecified atom stereocenters. The molecule has 0 radical (unpaired) electrons. The van der Waals surface area contributed by atoms with Crippen LogP contribution in [0.15, 0.2) is 30.3 Å². The Balaban J connectivity index is 1.82. The third-order valence-electron chi connectivity index (χ3n) is 6.19. The maximum Gasteiger partial charge on any atom is 0.266 e. The molecule has 168 valence electrons. The molecule has 6 nitrogen and oxygen atoms in total. The topological polar surface area (TPSA) is 67.3 Å². The molecule has 1 aliphatic rings. The van der Waals surface area contributed by atoms with Crippen LogP contribution in [-0.2, 0) is 15.1 Å². The number of hydrogen-bond donors (Lipinski definition) is 1. The van der Waals surface area contributed by atoms with E-state index in [1.165, 1.54) is 24.1 Å². The molecule has 4 rings (SSSR count). The van der Waals surface area contributed by atoms with Crippen molar-refractivity contribution in [2.75, 3.05) is 24.4 Å². The van der Waals surface area contributed by atoms with Crippen molar-refractivity contribution in [2.45, 2.75) is 38.8 Å². The summed E-state index contributed by atoms with van der Waals surface area (Å²) < 4.78 is 46.4. The fraction of sp³-hybridized carbons (Fsp3) is 0.348. The van der Waals surface area contributed by atoms with Crippen LogP contribution in [0.1, 0.15) is 48.7 Å². The first-order valence-electron chi connectivity index (χ1n) is 10.1. The van der Waals surface area contributed by atoms with Crippen LogP contribution >= 0.6 is 0 Å². The first-order valence-corrected chi connectivity index (χ1v) is 10.1. The van der Waals surface area contributed by atoms with E-state index in [9.17, 15) is 18.0 Å². The van der Waals surface area contributed by atoms with E-state index in [0.717, 1.165) is 11.5 Å². The third kappa shape index (κ3) is 3.19. The summed E-state index contributed by atoms with van der Waals surface area (Å²) in [5.41, 5.74) is 0.360. The number of nitrogens with zero attached hydrogens (tertiary/aromatic N) is 3. The minimum Gasteiger partial charge on any atom is -0.364 e. The molecule has 1 aliphatic heterocycles. The van der Waals surface area contributed by atoms with Gasteiger partial charge in [0.05, 0.1) is 23.0 Å². The van der Waals surface area contributed by atoms with E-state index in [4.69, 9.17) is 4.74 Å². The molecule has 0 saturated carbocycles. The largest absolute Gasteiger partial charge is 0.364 e. The summed E-state index contributed by atoms with van der Waals surface area (Å²) in [7, 11) is 3.15. The van der Waals surface area contributed by atoms with E-state index in [1.807, 2.05) is 12.1 Å². The van der Waals surface area contributed by atoms with Crippen LogP contribution in [0, 0.1) is 12.7 Å². The highest BCUT2D eigenvalue weighted by molar-refractivity contribution is 6.10. The summed E-state index contributed by atoms with van der Waals surface area (Å²) in [6.07, 6.45) is -2.91. The van der Waals surface area contributed by atoms with Gasteiger partial charge in [0.15, 0.2) is 11.4 Å². The van der Waals surface area contributed by atoms with Gasteiger partial charge in [-0.1, -0.05) is 18.2 Å². The molecule has 2 heterocycles. The first kappa shape index (κ1) is 22.0. The normalized spacial score (nSPS) is 19.0. The van der Waals surface area contributed by atoms with Crippen LogP contribution in [0.4, 0.5) is 24.7 Å². The fourth-order valence-electron chi connectivity index (χ4n) is 4.18. The van der Waals surface area contributed by atoms with E-state index < -0.39 is 29.4 Å². The van der Waals surface area contributed by atoms with Crippen molar-refractivity contribution in [3.63, 3.8) is 0 Å². The van der Waals surface area contributed by atoms with E-state index in [1.54, 1.807) is 27.8 Å². The number of alkyl halides is 2. The maximum atomic E-state index is 14.6. The average Bonchev–Trinajstić information content (AvgIpc) is 2.96. The lowest BCUT2D eigenvalue weighted by Gasteiger charge is -2.21. The number of benzene rings is 2. The molecule has 0 saturated heterocycles. The maximum absolute atomic E-state index is 14.6. The molecular weight excluding hydrogens is 421 g/mol. The number of ether oxygens (including phenoxy) is 1.